The number of piperidine rings is 1. The van der Waals surface area contributed by atoms with Crippen molar-refractivity contribution in [2.75, 3.05) is 52.5 Å². The number of halogens is 1. The third kappa shape index (κ3) is 6.47. The lowest BCUT2D eigenvalue weighted by Gasteiger charge is -2.32. The van der Waals surface area contributed by atoms with Crippen LogP contribution in [0.5, 0.6) is 0 Å². The number of carbonyl (C=O) groups excluding carboxylic acids is 1. The van der Waals surface area contributed by atoms with Gasteiger partial charge >= 0.3 is 0 Å². The van der Waals surface area contributed by atoms with Gasteiger partial charge in [0.1, 0.15) is 10.7 Å². The van der Waals surface area contributed by atoms with E-state index >= 15 is 0 Å². The zero-order valence-corrected chi connectivity index (χ0v) is 18.2. The van der Waals surface area contributed by atoms with Crippen LogP contribution in [0.4, 0.5) is 4.39 Å². The minimum Gasteiger partial charge on any atom is -0.379 e. The Morgan fingerprint density at radius 2 is 1.97 bits per heavy atom. The first-order chi connectivity index (χ1) is 14.5. The summed E-state index contributed by atoms with van der Waals surface area (Å²) in [5, 5.41) is 2.96. The molecule has 30 heavy (non-hydrogen) atoms. The van der Waals surface area contributed by atoms with Crippen LogP contribution in [0, 0.1) is 11.7 Å². The number of nitrogens with one attached hydrogen (secondary N) is 1. The number of benzene rings is 1. The highest BCUT2D eigenvalue weighted by Gasteiger charge is 2.32. The Balaban J connectivity index is 1.39. The first-order valence-corrected chi connectivity index (χ1v) is 12.2. The van der Waals surface area contributed by atoms with E-state index in [-0.39, 0.29) is 16.7 Å². The summed E-state index contributed by atoms with van der Waals surface area (Å²) in [7, 11) is -3.85. The topological polar surface area (TPSA) is 79.0 Å². The predicted molar refractivity (Wildman–Crippen MR) is 112 cm³/mol. The highest BCUT2D eigenvalue weighted by Crippen LogP contribution is 2.27. The van der Waals surface area contributed by atoms with E-state index in [1.54, 1.807) is 0 Å². The van der Waals surface area contributed by atoms with Crippen LogP contribution < -0.4 is 5.32 Å². The van der Waals surface area contributed by atoms with Crippen LogP contribution in [0.2, 0.25) is 0 Å². The summed E-state index contributed by atoms with van der Waals surface area (Å²) >= 11 is 0. The van der Waals surface area contributed by atoms with Gasteiger partial charge in [0.25, 0.3) is 0 Å². The number of sulfonamides is 1. The summed E-state index contributed by atoms with van der Waals surface area (Å²) in [6, 6.07) is 5.48. The van der Waals surface area contributed by atoms with Crippen LogP contribution in [-0.2, 0) is 19.6 Å². The van der Waals surface area contributed by atoms with E-state index in [9.17, 15) is 17.6 Å². The maximum absolute atomic E-state index is 14.0. The predicted octanol–water partition coefficient (Wildman–Crippen LogP) is 1.85. The fourth-order valence-corrected chi connectivity index (χ4v) is 5.67. The van der Waals surface area contributed by atoms with Gasteiger partial charge in [-0.15, -0.1) is 0 Å². The SMILES string of the molecule is O=C(CCC1CCCN(S(=O)(=O)c2ccccc2F)C1)NCCCN1CCOCC1. The van der Waals surface area contributed by atoms with Crippen LogP contribution in [0.15, 0.2) is 29.2 Å². The van der Waals surface area contributed by atoms with Crippen molar-refractivity contribution in [1.82, 2.24) is 14.5 Å². The van der Waals surface area contributed by atoms with Crippen molar-refractivity contribution in [3.05, 3.63) is 30.1 Å². The summed E-state index contributed by atoms with van der Waals surface area (Å²) in [5.74, 6) is -0.610. The molecule has 0 saturated carbocycles. The maximum Gasteiger partial charge on any atom is 0.245 e. The minimum atomic E-state index is -3.85. The lowest BCUT2D eigenvalue weighted by atomic mass is 9.94. The molecule has 0 bridgehead atoms. The highest BCUT2D eigenvalue weighted by molar-refractivity contribution is 7.89. The van der Waals surface area contributed by atoms with Gasteiger partial charge in [0.2, 0.25) is 15.9 Å². The first-order valence-electron chi connectivity index (χ1n) is 10.8. The third-order valence-corrected chi connectivity index (χ3v) is 7.69. The zero-order valence-electron chi connectivity index (χ0n) is 17.4. The number of carbonyl (C=O) groups is 1. The molecule has 1 aromatic carbocycles. The quantitative estimate of drug-likeness (QED) is 0.592. The Labute approximate surface area is 178 Å². The van der Waals surface area contributed by atoms with Crippen molar-refractivity contribution >= 4 is 15.9 Å². The molecule has 0 aromatic heterocycles. The molecule has 2 heterocycles. The van der Waals surface area contributed by atoms with E-state index in [0.29, 0.717) is 32.5 Å². The summed E-state index contributed by atoms with van der Waals surface area (Å²) < 4.78 is 46.3. The van der Waals surface area contributed by atoms with Crippen molar-refractivity contribution < 1.29 is 22.3 Å². The van der Waals surface area contributed by atoms with Gasteiger partial charge in [-0.3, -0.25) is 9.69 Å². The Hall–Kier alpha value is -1.55. The number of nitrogens with zero attached hydrogens (tertiary/aromatic N) is 2. The number of rotatable bonds is 9. The molecule has 2 saturated heterocycles. The second-order valence-corrected chi connectivity index (χ2v) is 9.90. The van der Waals surface area contributed by atoms with Crippen LogP contribution in [-0.4, -0.2) is 76.0 Å². The fraction of sp³-hybridized carbons (Fsp3) is 0.667. The number of hydrogen-bond donors (Lipinski definition) is 1. The molecule has 2 aliphatic heterocycles. The number of ether oxygens (including phenoxy) is 1. The normalized spacial score (nSPS) is 21.4. The molecular formula is C21H32FN3O4S. The van der Waals surface area contributed by atoms with Gasteiger partial charge in [-0.05, 0) is 50.3 Å². The van der Waals surface area contributed by atoms with E-state index in [2.05, 4.69) is 10.2 Å². The van der Waals surface area contributed by atoms with Crippen molar-refractivity contribution in [3.8, 4) is 0 Å². The van der Waals surface area contributed by atoms with Crippen LogP contribution in [0.25, 0.3) is 0 Å². The van der Waals surface area contributed by atoms with Crippen LogP contribution >= 0.6 is 0 Å². The van der Waals surface area contributed by atoms with Crippen molar-refractivity contribution in [3.63, 3.8) is 0 Å². The molecule has 1 atom stereocenters. The molecule has 1 unspecified atom stereocenters. The zero-order chi connectivity index (χ0) is 21.4. The lowest BCUT2D eigenvalue weighted by Crippen LogP contribution is -2.40. The molecule has 9 heteroatoms. The Morgan fingerprint density at radius 3 is 2.73 bits per heavy atom. The van der Waals surface area contributed by atoms with Crippen molar-refractivity contribution in [2.45, 2.75) is 37.0 Å². The summed E-state index contributed by atoms with van der Waals surface area (Å²) in [4.78, 5) is 14.2. The molecule has 168 valence electrons. The molecule has 3 rings (SSSR count). The van der Waals surface area contributed by atoms with Gasteiger partial charge in [-0.1, -0.05) is 12.1 Å². The van der Waals surface area contributed by atoms with Gasteiger partial charge in [0, 0.05) is 39.1 Å². The molecule has 1 N–H and O–H groups in total. The van der Waals surface area contributed by atoms with E-state index in [0.717, 1.165) is 58.2 Å². The lowest BCUT2D eigenvalue weighted by molar-refractivity contribution is -0.121. The fourth-order valence-electron chi connectivity index (χ4n) is 4.05. The minimum absolute atomic E-state index is 0.00561. The molecule has 0 radical (unpaired) electrons. The molecular weight excluding hydrogens is 409 g/mol. The van der Waals surface area contributed by atoms with Crippen molar-refractivity contribution in [2.24, 2.45) is 5.92 Å². The summed E-state index contributed by atoms with van der Waals surface area (Å²) in [6.07, 6.45) is 3.53. The maximum atomic E-state index is 14.0. The summed E-state index contributed by atoms with van der Waals surface area (Å²) in [5.41, 5.74) is 0. The average Bonchev–Trinajstić information content (AvgIpc) is 2.76. The molecule has 2 fully saturated rings. The van der Waals surface area contributed by atoms with E-state index in [4.69, 9.17) is 4.74 Å². The second kappa shape index (κ2) is 11.2. The first kappa shape index (κ1) is 23.1. The number of amides is 1. The Kier molecular flexibility index (Phi) is 8.61. The second-order valence-electron chi connectivity index (χ2n) is 8.00. The molecule has 1 amide bonds. The molecule has 0 aliphatic carbocycles. The number of hydrogen-bond acceptors (Lipinski definition) is 5. The highest BCUT2D eigenvalue weighted by atomic mass is 32.2. The van der Waals surface area contributed by atoms with E-state index < -0.39 is 15.8 Å². The number of morpholine rings is 1. The van der Waals surface area contributed by atoms with E-state index in [1.807, 2.05) is 0 Å². The average molecular weight is 442 g/mol. The molecule has 1 aromatic rings. The standard InChI is InChI=1S/C21H32FN3O4S/c22-19-6-1-2-7-20(19)30(27,28)25-12-3-5-18(17-25)8-9-21(26)23-10-4-11-24-13-15-29-16-14-24/h1-2,6-7,18H,3-5,8-17H2,(H,23,26). The van der Waals surface area contributed by atoms with E-state index in [1.165, 1.54) is 22.5 Å². The Bertz CT molecular complexity index is 799. The van der Waals surface area contributed by atoms with Gasteiger partial charge in [-0.2, -0.15) is 4.31 Å². The molecule has 0 spiro atoms. The van der Waals surface area contributed by atoms with Crippen LogP contribution in [0.1, 0.15) is 32.1 Å². The summed E-state index contributed by atoms with van der Waals surface area (Å²) in [6.45, 7) is 5.77. The molecule has 7 nitrogen and oxygen atoms in total. The van der Waals surface area contributed by atoms with Crippen molar-refractivity contribution in [1.29, 1.82) is 0 Å². The van der Waals surface area contributed by atoms with Gasteiger partial charge in [-0.25, -0.2) is 12.8 Å². The third-order valence-electron chi connectivity index (χ3n) is 5.79. The Morgan fingerprint density at radius 1 is 1.20 bits per heavy atom. The van der Waals surface area contributed by atoms with Gasteiger partial charge < -0.3 is 10.1 Å². The molecule has 2 aliphatic rings. The monoisotopic (exact) mass is 441 g/mol. The largest absolute Gasteiger partial charge is 0.379 e. The van der Waals surface area contributed by atoms with Crippen LogP contribution in [0.3, 0.4) is 0 Å². The smallest absolute Gasteiger partial charge is 0.245 e. The van der Waals surface area contributed by atoms with Gasteiger partial charge in [0.15, 0.2) is 0 Å². The van der Waals surface area contributed by atoms with Gasteiger partial charge in [0.05, 0.1) is 13.2 Å².